The Labute approximate surface area is 104 Å². The molecule has 0 spiro atoms. The van der Waals surface area contributed by atoms with Gasteiger partial charge in [0.05, 0.1) is 6.04 Å². The van der Waals surface area contributed by atoms with Crippen LogP contribution in [0.3, 0.4) is 0 Å². The lowest BCUT2D eigenvalue weighted by Crippen LogP contribution is -2.48. The number of nitrogens with two attached hydrogens (primary N) is 1. The average molecular weight is 239 g/mol. The Bertz CT molecular complexity index is 257. The van der Waals surface area contributed by atoms with Gasteiger partial charge in [-0.05, 0) is 58.0 Å². The first-order valence-electron chi connectivity index (χ1n) is 7.06. The summed E-state index contributed by atoms with van der Waals surface area (Å²) in [6.07, 6.45) is 8.04. The smallest absolute Gasteiger partial charge is 0.237 e. The van der Waals surface area contributed by atoms with Crippen molar-refractivity contribution in [1.82, 2.24) is 10.2 Å². The van der Waals surface area contributed by atoms with E-state index in [1.807, 2.05) is 0 Å². The second kappa shape index (κ2) is 6.36. The maximum Gasteiger partial charge on any atom is 0.237 e. The molecule has 2 saturated heterocycles. The Kier molecular flexibility index (Phi) is 4.80. The number of nitrogens with zero attached hydrogens (tertiary/aromatic N) is 1. The molecule has 0 saturated carbocycles. The van der Waals surface area contributed by atoms with Crippen molar-refractivity contribution in [2.24, 2.45) is 5.73 Å². The molecule has 2 rings (SSSR count). The van der Waals surface area contributed by atoms with Gasteiger partial charge in [0.25, 0.3) is 0 Å². The van der Waals surface area contributed by atoms with Gasteiger partial charge in [-0.3, -0.25) is 9.69 Å². The molecule has 2 unspecified atom stereocenters. The van der Waals surface area contributed by atoms with Gasteiger partial charge in [-0.1, -0.05) is 0 Å². The third-order valence-corrected chi connectivity index (χ3v) is 4.07. The fourth-order valence-electron chi connectivity index (χ4n) is 3.17. The highest BCUT2D eigenvalue weighted by Crippen LogP contribution is 2.26. The third kappa shape index (κ3) is 3.19. The molecule has 2 aliphatic heterocycles. The number of likely N-dealkylation sites (tertiary alicyclic amines) is 1. The summed E-state index contributed by atoms with van der Waals surface area (Å²) in [4.78, 5) is 14.5. The standard InChI is InChI=1S/C13H25N3O/c14-8-3-5-11-6-4-10-16(11)12-7-1-2-9-15-13(12)17/h11-12H,1-10,14H2,(H,15,17). The topological polar surface area (TPSA) is 58.4 Å². The summed E-state index contributed by atoms with van der Waals surface area (Å²) in [5, 5.41) is 3.04. The van der Waals surface area contributed by atoms with Gasteiger partial charge in [0.1, 0.15) is 0 Å². The minimum Gasteiger partial charge on any atom is -0.355 e. The minimum atomic E-state index is 0.128. The zero-order valence-electron chi connectivity index (χ0n) is 10.7. The molecular formula is C13H25N3O. The van der Waals surface area contributed by atoms with E-state index in [0.717, 1.165) is 45.3 Å². The summed E-state index contributed by atoms with van der Waals surface area (Å²) >= 11 is 0. The van der Waals surface area contributed by atoms with E-state index in [4.69, 9.17) is 5.73 Å². The van der Waals surface area contributed by atoms with Crippen LogP contribution in [-0.4, -0.2) is 42.5 Å². The highest BCUT2D eigenvalue weighted by Gasteiger charge is 2.34. The Balaban J connectivity index is 1.95. The SMILES string of the molecule is NCCCC1CCCN1C1CCCCNC1=O. The minimum absolute atomic E-state index is 0.128. The fourth-order valence-corrected chi connectivity index (χ4v) is 3.17. The molecular weight excluding hydrogens is 214 g/mol. The van der Waals surface area contributed by atoms with Gasteiger partial charge in [-0.2, -0.15) is 0 Å². The Hall–Kier alpha value is -0.610. The zero-order valence-corrected chi connectivity index (χ0v) is 10.7. The van der Waals surface area contributed by atoms with E-state index in [1.54, 1.807) is 0 Å². The maximum absolute atomic E-state index is 12.0. The third-order valence-electron chi connectivity index (χ3n) is 4.07. The van der Waals surface area contributed by atoms with Crippen LogP contribution in [0.5, 0.6) is 0 Å². The molecule has 2 fully saturated rings. The van der Waals surface area contributed by atoms with Crippen molar-refractivity contribution in [1.29, 1.82) is 0 Å². The quantitative estimate of drug-likeness (QED) is 0.765. The molecule has 98 valence electrons. The predicted octanol–water partition coefficient (Wildman–Crippen LogP) is 0.858. The first kappa shape index (κ1) is 12.8. The second-order valence-corrected chi connectivity index (χ2v) is 5.27. The Morgan fingerprint density at radius 1 is 1.29 bits per heavy atom. The fraction of sp³-hybridized carbons (Fsp3) is 0.923. The highest BCUT2D eigenvalue weighted by molar-refractivity contribution is 5.82. The summed E-state index contributed by atoms with van der Waals surface area (Å²) in [6, 6.07) is 0.718. The van der Waals surface area contributed by atoms with Crippen molar-refractivity contribution in [3.63, 3.8) is 0 Å². The number of carbonyl (C=O) groups is 1. The molecule has 0 bridgehead atoms. The largest absolute Gasteiger partial charge is 0.355 e. The van der Waals surface area contributed by atoms with E-state index in [-0.39, 0.29) is 11.9 Å². The molecule has 2 heterocycles. The molecule has 2 atom stereocenters. The van der Waals surface area contributed by atoms with Crippen LogP contribution in [0.4, 0.5) is 0 Å². The number of hydrogen-bond donors (Lipinski definition) is 2. The van der Waals surface area contributed by atoms with E-state index in [1.165, 1.54) is 19.3 Å². The average Bonchev–Trinajstić information content (AvgIpc) is 2.69. The van der Waals surface area contributed by atoms with E-state index in [0.29, 0.717) is 6.04 Å². The van der Waals surface area contributed by atoms with E-state index in [2.05, 4.69) is 10.2 Å². The molecule has 17 heavy (non-hydrogen) atoms. The molecule has 0 aliphatic carbocycles. The van der Waals surface area contributed by atoms with Gasteiger partial charge in [-0.15, -0.1) is 0 Å². The van der Waals surface area contributed by atoms with Crippen LogP contribution in [0.25, 0.3) is 0 Å². The first-order valence-corrected chi connectivity index (χ1v) is 7.06. The first-order chi connectivity index (χ1) is 8.33. The molecule has 0 radical (unpaired) electrons. The van der Waals surface area contributed by atoms with Crippen molar-refractivity contribution in [3.05, 3.63) is 0 Å². The van der Waals surface area contributed by atoms with Crippen LogP contribution < -0.4 is 11.1 Å². The van der Waals surface area contributed by atoms with Gasteiger partial charge in [-0.25, -0.2) is 0 Å². The van der Waals surface area contributed by atoms with Crippen LogP contribution in [0.2, 0.25) is 0 Å². The van der Waals surface area contributed by atoms with Crippen LogP contribution in [-0.2, 0) is 4.79 Å². The highest BCUT2D eigenvalue weighted by atomic mass is 16.2. The normalized spacial score (nSPS) is 31.2. The van der Waals surface area contributed by atoms with Gasteiger partial charge in [0, 0.05) is 12.6 Å². The number of nitrogens with one attached hydrogen (secondary N) is 1. The summed E-state index contributed by atoms with van der Waals surface area (Å²) in [5.74, 6) is 0.252. The Morgan fingerprint density at radius 3 is 3.00 bits per heavy atom. The van der Waals surface area contributed by atoms with Gasteiger partial charge >= 0.3 is 0 Å². The molecule has 2 aliphatic rings. The summed E-state index contributed by atoms with van der Waals surface area (Å²) in [5.41, 5.74) is 5.59. The van der Waals surface area contributed by atoms with Crippen LogP contribution >= 0.6 is 0 Å². The summed E-state index contributed by atoms with van der Waals surface area (Å²) in [6.45, 7) is 2.71. The monoisotopic (exact) mass is 239 g/mol. The lowest BCUT2D eigenvalue weighted by molar-refractivity contribution is -0.126. The summed E-state index contributed by atoms with van der Waals surface area (Å²) < 4.78 is 0. The summed E-state index contributed by atoms with van der Waals surface area (Å²) in [7, 11) is 0. The number of amides is 1. The molecule has 3 N–H and O–H groups in total. The number of rotatable bonds is 4. The molecule has 0 aromatic heterocycles. The number of carbonyl (C=O) groups excluding carboxylic acids is 1. The van der Waals surface area contributed by atoms with Crippen LogP contribution in [0.15, 0.2) is 0 Å². The second-order valence-electron chi connectivity index (χ2n) is 5.27. The van der Waals surface area contributed by atoms with Crippen molar-refractivity contribution in [2.75, 3.05) is 19.6 Å². The van der Waals surface area contributed by atoms with Crippen molar-refractivity contribution < 1.29 is 4.79 Å². The van der Waals surface area contributed by atoms with E-state index < -0.39 is 0 Å². The molecule has 0 aromatic carbocycles. The Morgan fingerprint density at radius 2 is 2.18 bits per heavy atom. The van der Waals surface area contributed by atoms with Crippen molar-refractivity contribution in [3.8, 4) is 0 Å². The molecule has 0 aromatic rings. The molecule has 4 heteroatoms. The number of hydrogen-bond acceptors (Lipinski definition) is 3. The zero-order chi connectivity index (χ0) is 12.1. The van der Waals surface area contributed by atoms with E-state index in [9.17, 15) is 4.79 Å². The van der Waals surface area contributed by atoms with Crippen molar-refractivity contribution in [2.45, 2.75) is 57.0 Å². The molecule has 4 nitrogen and oxygen atoms in total. The lowest BCUT2D eigenvalue weighted by atomic mass is 10.0. The van der Waals surface area contributed by atoms with Gasteiger partial charge in [0.2, 0.25) is 5.91 Å². The van der Waals surface area contributed by atoms with E-state index >= 15 is 0 Å². The lowest BCUT2D eigenvalue weighted by Gasteiger charge is -2.31. The van der Waals surface area contributed by atoms with Crippen LogP contribution in [0.1, 0.15) is 44.9 Å². The van der Waals surface area contributed by atoms with Crippen LogP contribution in [0, 0.1) is 0 Å². The predicted molar refractivity (Wildman–Crippen MR) is 68.7 cm³/mol. The maximum atomic E-state index is 12.0. The van der Waals surface area contributed by atoms with Gasteiger partial charge in [0.15, 0.2) is 0 Å². The molecule has 1 amide bonds. The van der Waals surface area contributed by atoms with Gasteiger partial charge < -0.3 is 11.1 Å². The van der Waals surface area contributed by atoms with Crippen molar-refractivity contribution >= 4 is 5.91 Å².